The summed E-state index contributed by atoms with van der Waals surface area (Å²) in [6.45, 7) is 2.34. The SMILES string of the molecule is C.[2H]C1CCC([B]C2CCC(CC)CC2)CC1.[B]. The summed E-state index contributed by atoms with van der Waals surface area (Å²) in [5.41, 5.74) is 0. The van der Waals surface area contributed by atoms with Gasteiger partial charge in [0.05, 0.1) is 0 Å². The summed E-state index contributed by atoms with van der Waals surface area (Å²) in [5, 5.41) is 0. The van der Waals surface area contributed by atoms with Gasteiger partial charge in [0.25, 0.3) is 0 Å². The van der Waals surface area contributed by atoms with Gasteiger partial charge in [-0.2, -0.15) is 0 Å². The van der Waals surface area contributed by atoms with Crippen LogP contribution in [0.15, 0.2) is 0 Å². The molecule has 0 nitrogen and oxygen atoms in total. The Kier molecular flexibility index (Phi) is 8.14. The molecule has 0 aromatic carbocycles. The molecule has 0 N–H and O–H groups in total. The van der Waals surface area contributed by atoms with E-state index in [1.807, 2.05) is 0 Å². The zero-order valence-electron chi connectivity index (χ0n) is 11.8. The van der Waals surface area contributed by atoms with Gasteiger partial charge in [-0.3, -0.25) is 0 Å². The summed E-state index contributed by atoms with van der Waals surface area (Å²) in [6.07, 6.45) is 12.3. The van der Waals surface area contributed by atoms with Crippen molar-refractivity contribution in [1.82, 2.24) is 0 Å². The predicted molar refractivity (Wildman–Crippen MR) is 81.1 cm³/mol. The maximum Gasteiger partial charge on any atom is 0.117 e. The highest BCUT2D eigenvalue weighted by Crippen LogP contribution is 2.38. The van der Waals surface area contributed by atoms with E-state index < -0.39 is 0 Å². The minimum Gasteiger partial charge on any atom is -0.0776 e. The van der Waals surface area contributed by atoms with Crippen molar-refractivity contribution in [2.45, 2.75) is 90.2 Å². The highest BCUT2D eigenvalue weighted by atomic mass is 14.2. The molecule has 17 heavy (non-hydrogen) atoms. The zero-order valence-corrected chi connectivity index (χ0v) is 10.8. The summed E-state index contributed by atoms with van der Waals surface area (Å²) in [6, 6.07) is 0. The Balaban J connectivity index is 0.00000144. The van der Waals surface area contributed by atoms with Crippen LogP contribution in [0.3, 0.4) is 0 Å². The monoisotopic (exact) mass is 233 g/mol. The zero-order chi connectivity index (χ0) is 11.4. The summed E-state index contributed by atoms with van der Waals surface area (Å²) < 4.78 is 7.72. The Hall–Kier alpha value is 0.130. The molecule has 2 aliphatic carbocycles. The first-order chi connectivity index (χ1) is 7.78. The van der Waals surface area contributed by atoms with Crippen molar-refractivity contribution in [3.63, 3.8) is 0 Å². The molecule has 0 aliphatic heterocycles. The highest BCUT2D eigenvalue weighted by molar-refractivity contribution is 6.39. The molecule has 0 atom stereocenters. The fraction of sp³-hybridized carbons (Fsp3) is 1.00. The second kappa shape index (κ2) is 9.11. The van der Waals surface area contributed by atoms with Gasteiger partial charge in [-0.05, 0) is 5.92 Å². The molecule has 2 saturated carbocycles. The molecule has 96 valence electrons. The van der Waals surface area contributed by atoms with Crippen molar-refractivity contribution in [1.29, 1.82) is 0 Å². The number of hydrogen-bond donors (Lipinski definition) is 0. The molecule has 2 aliphatic rings. The van der Waals surface area contributed by atoms with Crippen LogP contribution in [-0.4, -0.2) is 15.7 Å². The quantitative estimate of drug-likeness (QED) is 0.595. The normalized spacial score (nSPS) is 38.3. The average Bonchev–Trinajstić information content (AvgIpc) is 2.33. The summed E-state index contributed by atoms with van der Waals surface area (Å²) in [5.74, 6) is 2.79. The second-order valence-corrected chi connectivity index (χ2v) is 5.58. The maximum absolute atomic E-state index is 7.72. The van der Waals surface area contributed by atoms with Crippen molar-refractivity contribution in [2.24, 2.45) is 5.92 Å². The first kappa shape index (κ1) is 15.2. The van der Waals surface area contributed by atoms with Crippen LogP contribution in [0.25, 0.3) is 0 Å². The summed E-state index contributed by atoms with van der Waals surface area (Å²) >= 11 is 0. The molecule has 0 saturated heterocycles. The Labute approximate surface area is 114 Å². The number of hydrogen-bond acceptors (Lipinski definition) is 0. The third-order valence-electron chi connectivity index (χ3n) is 4.50. The van der Waals surface area contributed by atoms with Crippen LogP contribution < -0.4 is 0 Å². The molecule has 4 radical (unpaired) electrons. The average molecular weight is 233 g/mol. The predicted octanol–water partition coefficient (Wildman–Crippen LogP) is 5.09. The first-order valence-electron chi connectivity index (χ1n) is 7.63. The van der Waals surface area contributed by atoms with Crippen LogP contribution >= 0.6 is 0 Å². The van der Waals surface area contributed by atoms with Crippen LogP contribution in [0, 0.1) is 5.92 Å². The molecule has 0 heterocycles. The third-order valence-corrected chi connectivity index (χ3v) is 4.50. The summed E-state index contributed by atoms with van der Waals surface area (Å²) in [7, 11) is 2.66. The largest absolute Gasteiger partial charge is 0.117 e. The van der Waals surface area contributed by atoms with Crippen molar-refractivity contribution in [2.75, 3.05) is 0 Å². The fourth-order valence-electron chi connectivity index (χ4n) is 3.32. The van der Waals surface area contributed by atoms with E-state index in [4.69, 9.17) is 1.37 Å². The van der Waals surface area contributed by atoms with Crippen LogP contribution in [0.1, 0.15) is 79.9 Å². The Bertz CT molecular complexity index is 195. The van der Waals surface area contributed by atoms with E-state index >= 15 is 0 Å². The maximum atomic E-state index is 7.72. The van der Waals surface area contributed by atoms with Crippen molar-refractivity contribution in [3.8, 4) is 0 Å². The van der Waals surface area contributed by atoms with Crippen molar-refractivity contribution < 1.29 is 1.37 Å². The standard InChI is InChI=1S/C14H26B.CH4.B/c1-2-12-8-10-14(11-9-12)15-13-6-4-3-5-7-13;;/h12-14H,2-11H2,1H3;1H4;/i3D;;. The van der Waals surface area contributed by atoms with Gasteiger partial charge < -0.3 is 0 Å². The first-order valence-corrected chi connectivity index (χ1v) is 7.05. The van der Waals surface area contributed by atoms with Gasteiger partial charge in [-0.25, -0.2) is 0 Å². The lowest BCUT2D eigenvalue weighted by Gasteiger charge is -2.31. The summed E-state index contributed by atoms with van der Waals surface area (Å²) in [4.78, 5) is 0. The lowest BCUT2D eigenvalue weighted by Crippen LogP contribution is -2.19. The van der Waals surface area contributed by atoms with Gasteiger partial charge in [0.2, 0.25) is 0 Å². The molecule has 0 unspecified atom stereocenters. The minimum atomic E-state index is 0. The van der Waals surface area contributed by atoms with E-state index in [1.54, 1.807) is 0 Å². The van der Waals surface area contributed by atoms with Crippen LogP contribution in [0.2, 0.25) is 11.6 Å². The molecular formula is C15H30B2. The van der Waals surface area contributed by atoms with Crippen LogP contribution in [0.4, 0.5) is 0 Å². The fourth-order valence-corrected chi connectivity index (χ4v) is 3.32. The number of rotatable bonds is 3. The smallest absolute Gasteiger partial charge is 0.0776 e. The van der Waals surface area contributed by atoms with Crippen LogP contribution in [-0.2, 0) is 0 Å². The van der Waals surface area contributed by atoms with E-state index in [1.165, 1.54) is 44.9 Å². The van der Waals surface area contributed by atoms with Crippen molar-refractivity contribution >= 4 is 15.7 Å². The second-order valence-electron chi connectivity index (χ2n) is 5.58. The van der Waals surface area contributed by atoms with Gasteiger partial charge in [-0.15, -0.1) is 0 Å². The van der Waals surface area contributed by atoms with Gasteiger partial charge in [0, 0.05) is 9.78 Å². The molecule has 0 bridgehead atoms. The molecule has 2 rings (SSSR count). The molecule has 0 aromatic rings. The Morgan fingerprint density at radius 3 is 2.06 bits per heavy atom. The molecule has 0 amide bonds. The van der Waals surface area contributed by atoms with Crippen LogP contribution in [0.5, 0.6) is 0 Å². The van der Waals surface area contributed by atoms with E-state index in [0.717, 1.165) is 30.4 Å². The Morgan fingerprint density at radius 2 is 1.53 bits per heavy atom. The Morgan fingerprint density at radius 1 is 1.00 bits per heavy atom. The van der Waals surface area contributed by atoms with Gasteiger partial charge in [0.15, 0.2) is 0 Å². The molecule has 0 spiro atoms. The van der Waals surface area contributed by atoms with E-state index in [9.17, 15) is 0 Å². The third kappa shape index (κ3) is 5.53. The van der Waals surface area contributed by atoms with Gasteiger partial charge in [-0.1, -0.05) is 90.2 Å². The van der Waals surface area contributed by atoms with E-state index in [2.05, 4.69) is 14.2 Å². The van der Waals surface area contributed by atoms with Gasteiger partial charge >= 0.3 is 0 Å². The minimum absolute atomic E-state index is 0. The lowest BCUT2D eigenvalue weighted by atomic mass is 9.48. The highest BCUT2D eigenvalue weighted by Gasteiger charge is 2.24. The van der Waals surface area contributed by atoms with Gasteiger partial charge in [0.1, 0.15) is 7.28 Å². The molecular weight excluding hydrogens is 202 g/mol. The topological polar surface area (TPSA) is 0 Å². The van der Waals surface area contributed by atoms with Crippen molar-refractivity contribution in [3.05, 3.63) is 0 Å². The lowest BCUT2D eigenvalue weighted by molar-refractivity contribution is 0.345. The molecule has 2 heteroatoms. The molecule has 2 fully saturated rings. The van der Waals surface area contributed by atoms with E-state index in [-0.39, 0.29) is 22.2 Å². The van der Waals surface area contributed by atoms with E-state index in [0.29, 0.717) is 0 Å². The molecule has 0 aromatic heterocycles.